The van der Waals surface area contributed by atoms with E-state index in [9.17, 15) is 0 Å². The van der Waals surface area contributed by atoms with Gasteiger partial charge in [0, 0.05) is 12.6 Å². The predicted octanol–water partition coefficient (Wildman–Crippen LogP) is 2.07. The standard InChI is InChI=1S/C10H15Cl2N5/c1-17-5-3-2-4-7(17)6-13-9-8(11)15-16-10(12)14-9/h7H,2-6H2,1H3,(H,13,14,16). The Balaban J connectivity index is 1.94. The second kappa shape index (κ2) is 5.80. The molecule has 5 nitrogen and oxygen atoms in total. The van der Waals surface area contributed by atoms with Gasteiger partial charge in [0.05, 0.1) is 0 Å². The van der Waals surface area contributed by atoms with Crippen molar-refractivity contribution < 1.29 is 0 Å². The summed E-state index contributed by atoms with van der Waals surface area (Å²) in [6.45, 7) is 1.94. The molecule has 0 aliphatic carbocycles. The van der Waals surface area contributed by atoms with E-state index in [4.69, 9.17) is 23.2 Å². The minimum atomic E-state index is 0.105. The number of hydrogen-bond donors (Lipinski definition) is 1. The maximum absolute atomic E-state index is 5.88. The maximum atomic E-state index is 5.88. The van der Waals surface area contributed by atoms with Crippen LogP contribution in [0.15, 0.2) is 0 Å². The molecule has 1 aliphatic heterocycles. The Morgan fingerprint density at radius 2 is 2.18 bits per heavy atom. The number of anilines is 1. The summed E-state index contributed by atoms with van der Waals surface area (Å²) < 4.78 is 0. The van der Waals surface area contributed by atoms with E-state index >= 15 is 0 Å². The first-order valence-electron chi connectivity index (χ1n) is 5.66. The van der Waals surface area contributed by atoms with Crippen LogP contribution < -0.4 is 5.32 Å². The third-order valence-electron chi connectivity index (χ3n) is 3.05. The van der Waals surface area contributed by atoms with Gasteiger partial charge < -0.3 is 10.2 Å². The minimum absolute atomic E-state index is 0.105. The summed E-state index contributed by atoms with van der Waals surface area (Å²) in [6.07, 6.45) is 3.73. The molecule has 1 aromatic rings. The average molecular weight is 276 g/mol. The lowest BCUT2D eigenvalue weighted by molar-refractivity contribution is 0.194. The van der Waals surface area contributed by atoms with Gasteiger partial charge in [0.2, 0.25) is 5.28 Å². The molecule has 0 saturated carbocycles. The van der Waals surface area contributed by atoms with E-state index in [2.05, 4.69) is 32.4 Å². The van der Waals surface area contributed by atoms with Crippen molar-refractivity contribution in [1.82, 2.24) is 20.1 Å². The lowest BCUT2D eigenvalue weighted by Crippen LogP contribution is -2.40. The molecule has 1 saturated heterocycles. The maximum Gasteiger partial charge on any atom is 0.245 e. The SMILES string of the molecule is CN1CCCCC1CNc1nc(Cl)nnc1Cl. The average Bonchev–Trinajstić information content (AvgIpc) is 2.32. The zero-order chi connectivity index (χ0) is 12.3. The normalized spacial score (nSPS) is 21.5. The molecule has 0 aromatic carbocycles. The number of hydrogen-bond acceptors (Lipinski definition) is 5. The van der Waals surface area contributed by atoms with E-state index in [0.29, 0.717) is 11.9 Å². The highest BCUT2D eigenvalue weighted by molar-refractivity contribution is 6.32. The van der Waals surface area contributed by atoms with E-state index in [1.54, 1.807) is 0 Å². The molecule has 1 atom stereocenters. The van der Waals surface area contributed by atoms with E-state index in [1.807, 2.05) is 0 Å². The number of rotatable bonds is 3. The molecule has 94 valence electrons. The Hall–Kier alpha value is -0.650. The van der Waals surface area contributed by atoms with Crippen LogP contribution in [0.4, 0.5) is 5.82 Å². The minimum Gasteiger partial charge on any atom is -0.366 e. The number of nitrogens with zero attached hydrogens (tertiary/aromatic N) is 4. The first kappa shape index (κ1) is 12.8. The van der Waals surface area contributed by atoms with Crippen LogP contribution in [0.2, 0.25) is 10.4 Å². The summed E-state index contributed by atoms with van der Waals surface area (Å²) in [4.78, 5) is 6.36. The van der Waals surface area contributed by atoms with Gasteiger partial charge in [-0.25, -0.2) is 0 Å². The van der Waals surface area contributed by atoms with Gasteiger partial charge in [0.25, 0.3) is 0 Å². The number of piperidine rings is 1. The fourth-order valence-electron chi connectivity index (χ4n) is 2.02. The Morgan fingerprint density at radius 1 is 1.35 bits per heavy atom. The summed E-state index contributed by atoms with van der Waals surface area (Å²) in [5, 5.41) is 10.8. The second-order valence-electron chi connectivity index (χ2n) is 4.23. The van der Waals surface area contributed by atoms with Crippen molar-refractivity contribution in [3.63, 3.8) is 0 Å². The number of nitrogens with one attached hydrogen (secondary N) is 1. The molecule has 1 N–H and O–H groups in total. The van der Waals surface area contributed by atoms with Crippen LogP contribution >= 0.6 is 23.2 Å². The lowest BCUT2D eigenvalue weighted by atomic mass is 10.0. The molecule has 1 aromatic heterocycles. The molecule has 1 fully saturated rings. The van der Waals surface area contributed by atoms with Crippen LogP contribution in [-0.2, 0) is 0 Å². The quantitative estimate of drug-likeness (QED) is 0.916. The topological polar surface area (TPSA) is 53.9 Å². The monoisotopic (exact) mass is 275 g/mol. The summed E-state index contributed by atoms with van der Waals surface area (Å²) in [5.41, 5.74) is 0. The molecular weight excluding hydrogens is 261 g/mol. The fourth-order valence-corrected chi connectivity index (χ4v) is 2.29. The van der Waals surface area contributed by atoms with Crippen LogP contribution in [0.5, 0.6) is 0 Å². The molecule has 7 heteroatoms. The summed E-state index contributed by atoms with van der Waals surface area (Å²) in [5.74, 6) is 0.505. The number of likely N-dealkylation sites (tertiary alicyclic amines) is 1. The number of halogens is 2. The van der Waals surface area contributed by atoms with Crippen LogP contribution in [0.3, 0.4) is 0 Å². The summed E-state index contributed by atoms with van der Waals surface area (Å²) in [6, 6.07) is 0.508. The molecule has 0 spiro atoms. The number of likely N-dealkylation sites (N-methyl/N-ethyl adjacent to an activating group) is 1. The first-order chi connectivity index (χ1) is 8.16. The summed E-state index contributed by atoms with van der Waals surface area (Å²) in [7, 11) is 2.14. The van der Waals surface area contributed by atoms with Gasteiger partial charge in [-0.1, -0.05) is 18.0 Å². The van der Waals surface area contributed by atoms with E-state index in [-0.39, 0.29) is 10.4 Å². The van der Waals surface area contributed by atoms with Gasteiger partial charge in [-0.15, -0.1) is 10.2 Å². The van der Waals surface area contributed by atoms with Crippen molar-refractivity contribution in [3.05, 3.63) is 10.4 Å². The van der Waals surface area contributed by atoms with E-state index in [0.717, 1.165) is 13.1 Å². The summed E-state index contributed by atoms with van der Waals surface area (Å²) >= 11 is 11.6. The van der Waals surface area contributed by atoms with Gasteiger partial charge in [0.1, 0.15) is 0 Å². The van der Waals surface area contributed by atoms with Gasteiger partial charge in [-0.3, -0.25) is 0 Å². The fraction of sp³-hybridized carbons (Fsp3) is 0.700. The van der Waals surface area contributed by atoms with Crippen LogP contribution in [0, 0.1) is 0 Å². The molecule has 1 unspecified atom stereocenters. The number of aromatic nitrogens is 3. The van der Waals surface area contributed by atoms with Crippen molar-refractivity contribution in [2.75, 3.05) is 25.5 Å². The molecule has 0 bridgehead atoms. The van der Waals surface area contributed by atoms with Crippen molar-refractivity contribution in [2.45, 2.75) is 25.3 Å². The molecule has 2 heterocycles. The Kier molecular flexibility index (Phi) is 4.36. The van der Waals surface area contributed by atoms with Crippen molar-refractivity contribution >= 4 is 29.0 Å². The highest BCUT2D eigenvalue weighted by Crippen LogP contribution is 2.19. The lowest BCUT2D eigenvalue weighted by Gasteiger charge is -2.32. The molecule has 17 heavy (non-hydrogen) atoms. The van der Waals surface area contributed by atoms with Crippen LogP contribution in [0.25, 0.3) is 0 Å². The van der Waals surface area contributed by atoms with Gasteiger partial charge in [-0.2, -0.15) is 4.98 Å². The van der Waals surface area contributed by atoms with Crippen molar-refractivity contribution in [3.8, 4) is 0 Å². The highest BCUT2D eigenvalue weighted by atomic mass is 35.5. The predicted molar refractivity (Wildman–Crippen MR) is 68.6 cm³/mol. The first-order valence-corrected chi connectivity index (χ1v) is 6.42. The highest BCUT2D eigenvalue weighted by Gasteiger charge is 2.19. The third kappa shape index (κ3) is 3.40. The molecule has 1 aliphatic rings. The van der Waals surface area contributed by atoms with Crippen LogP contribution in [-0.4, -0.2) is 46.3 Å². The smallest absolute Gasteiger partial charge is 0.245 e. The Bertz CT molecular complexity index is 387. The zero-order valence-corrected chi connectivity index (χ0v) is 11.2. The van der Waals surface area contributed by atoms with Gasteiger partial charge >= 0.3 is 0 Å². The van der Waals surface area contributed by atoms with Crippen LogP contribution in [0.1, 0.15) is 19.3 Å². The molecule has 0 radical (unpaired) electrons. The Labute approximate surface area is 111 Å². The van der Waals surface area contributed by atoms with Crippen molar-refractivity contribution in [1.29, 1.82) is 0 Å². The van der Waals surface area contributed by atoms with Gasteiger partial charge in [-0.05, 0) is 38.0 Å². The second-order valence-corrected chi connectivity index (χ2v) is 4.93. The third-order valence-corrected chi connectivity index (χ3v) is 3.46. The zero-order valence-electron chi connectivity index (χ0n) is 9.66. The van der Waals surface area contributed by atoms with Gasteiger partial charge in [0.15, 0.2) is 11.0 Å². The molecule has 2 rings (SSSR count). The van der Waals surface area contributed by atoms with E-state index in [1.165, 1.54) is 19.3 Å². The molecule has 0 amide bonds. The Morgan fingerprint density at radius 3 is 2.94 bits per heavy atom. The van der Waals surface area contributed by atoms with E-state index < -0.39 is 0 Å². The van der Waals surface area contributed by atoms with Crippen molar-refractivity contribution in [2.24, 2.45) is 0 Å². The largest absolute Gasteiger partial charge is 0.366 e. The molecular formula is C10H15Cl2N5.